The fourth-order valence-corrected chi connectivity index (χ4v) is 5.29. The summed E-state index contributed by atoms with van der Waals surface area (Å²) in [6, 6.07) is 13.0. The molecule has 1 aliphatic heterocycles. The van der Waals surface area contributed by atoms with E-state index in [9.17, 15) is 13.2 Å². The highest BCUT2D eigenvalue weighted by atomic mass is 32.2. The highest BCUT2D eigenvalue weighted by Crippen LogP contribution is 2.42. The van der Waals surface area contributed by atoms with Crippen LogP contribution < -0.4 is 9.62 Å². The topological polar surface area (TPSA) is 66.5 Å². The number of carbonyl (C=O) groups excluding carboxylic acids is 1. The maximum absolute atomic E-state index is 13.1. The summed E-state index contributed by atoms with van der Waals surface area (Å²) in [5, 5.41) is 0. The van der Waals surface area contributed by atoms with Crippen LogP contribution in [0.3, 0.4) is 0 Å². The second-order valence-corrected chi connectivity index (χ2v) is 9.63. The first-order valence-electron chi connectivity index (χ1n) is 9.85. The zero-order valence-electron chi connectivity index (χ0n) is 16.3. The van der Waals surface area contributed by atoms with Crippen molar-refractivity contribution in [1.82, 2.24) is 4.72 Å². The molecule has 2 aliphatic rings. The summed E-state index contributed by atoms with van der Waals surface area (Å²) in [5.41, 5.74) is 3.92. The van der Waals surface area contributed by atoms with Crippen LogP contribution in [0.5, 0.6) is 0 Å². The first-order chi connectivity index (χ1) is 13.3. The van der Waals surface area contributed by atoms with Gasteiger partial charge in [0.25, 0.3) is 0 Å². The molecule has 0 spiro atoms. The van der Waals surface area contributed by atoms with Crippen molar-refractivity contribution in [3.05, 3.63) is 59.2 Å². The van der Waals surface area contributed by atoms with E-state index in [4.69, 9.17) is 0 Å². The number of sulfonamides is 1. The number of hydrogen-bond donors (Lipinski definition) is 1. The Morgan fingerprint density at radius 2 is 1.86 bits per heavy atom. The van der Waals surface area contributed by atoms with Gasteiger partial charge in [-0.2, -0.15) is 0 Å². The molecule has 6 heteroatoms. The third-order valence-corrected chi connectivity index (χ3v) is 7.11. The van der Waals surface area contributed by atoms with Crippen molar-refractivity contribution in [3.63, 3.8) is 0 Å². The second-order valence-electron chi connectivity index (χ2n) is 7.91. The summed E-state index contributed by atoms with van der Waals surface area (Å²) >= 11 is 0. The van der Waals surface area contributed by atoms with Crippen LogP contribution in [-0.2, 0) is 21.2 Å². The molecule has 0 saturated heterocycles. The Morgan fingerprint density at radius 3 is 2.50 bits per heavy atom. The summed E-state index contributed by atoms with van der Waals surface area (Å²) < 4.78 is 29.2. The Bertz CT molecular complexity index is 995. The van der Waals surface area contributed by atoms with E-state index >= 15 is 0 Å². The van der Waals surface area contributed by atoms with Crippen molar-refractivity contribution in [2.24, 2.45) is 5.92 Å². The highest BCUT2D eigenvalue weighted by Gasteiger charge is 2.35. The molecular weight excluding hydrogens is 372 g/mol. The van der Waals surface area contributed by atoms with Crippen molar-refractivity contribution in [3.8, 4) is 0 Å². The molecule has 1 atom stereocenters. The molecule has 1 N–H and O–H groups in total. The minimum absolute atomic E-state index is 0.0112. The molecular formula is C22H26N2O3S. The molecule has 1 heterocycles. The number of aryl methyl sites for hydroxylation is 2. The standard InChI is InChI=1S/C22H26N2O3S/c1-15-5-7-17(8-6-15)22(18-9-10-18)23-28(26,27)20-11-12-21-19(14-20)4-3-13-24(21)16(2)25/h5-8,11-12,14,18,22-23H,3-4,9-10,13H2,1-2H3. The van der Waals surface area contributed by atoms with Crippen LogP contribution in [0.25, 0.3) is 0 Å². The Morgan fingerprint density at radius 1 is 1.14 bits per heavy atom. The number of nitrogens with one attached hydrogen (secondary N) is 1. The summed E-state index contributed by atoms with van der Waals surface area (Å²) in [6.07, 6.45) is 3.71. The van der Waals surface area contributed by atoms with E-state index in [2.05, 4.69) is 4.72 Å². The fraction of sp³-hybridized carbons (Fsp3) is 0.409. The van der Waals surface area contributed by atoms with Gasteiger partial charge < -0.3 is 4.90 Å². The van der Waals surface area contributed by atoms with E-state index in [1.807, 2.05) is 31.2 Å². The second kappa shape index (κ2) is 7.33. The molecule has 1 fully saturated rings. The molecule has 5 nitrogen and oxygen atoms in total. The molecule has 2 aromatic rings. The number of nitrogens with zero attached hydrogens (tertiary/aromatic N) is 1. The van der Waals surface area contributed by atoms with Gasteiger partial charge in [0, 0.05) is 25.2 Å². The van der Waals surface area contributed by atoms with Gasteiger partial charge in [0.2, 0.25) is 15.9 Å². The number of anilines is 1. The monoisotopic (exact) mass is 398 g/mol. The lowest BCUT2D eigenvalue weighted by Crippen LogP contribution is -2.34. The van der Waals surface area contributed by atoms with E-state index in [0.29, 0.717) is 12.5 Å². The van der Waals surface area contributed by atoms with E-state index < -0.39 is 10.0 Å². The van der Waals surface area contributed by atoms with E-state index in [-0.39, 0.29) is 16.8 Å². The van der Waals surface area contributed by atoms with E-state index in [1.54, 1.807) is 30.0 Å². The van der Waals surface area contributed by atoms with Gasteiger partial charge in [-0.05, 0) is 67.9 Å². The van der Waals surface area contributed by atoms with Gasteiger partial charge in [0.05, 0.1) is 4.90 Å². The fourth-order valence-electron chi connectivity index (χ4n) is 3.94. The minimum atomic E-state index is -3.65. The number of hydrogen-bond acceptors (Lipinski definition) is 3. The van der Waals surface area contributed by atoms with Crippen LogP contribution in [0.1, 0.15) is 48.9 Å². The largest absolute Gasteiger partial charge is 0.312 e. The molecule has 28 heavy (non-hydrogen) atoms. The molecule has 1 saturated carbocycles. The molecule has 1 amide bonds. The maximum Gasteiger partial charge on any atom is 0.241 e. The van der Waals surface area contributed by atoms with Gasteiger partial charge in [-0.1, -0.05) is 29.8 Å². The normalized spacial score (nSPS) is 17.9. The average Bonchev–Trinajstić information content (AvgIpc) is 3.51. The maximum atomic E-state index is 13.1. The van der Waals surface area contributed by atoms with E-state index in [0.717, 1.165) is 48.1 Å². The average molecular weight is 399 g/mol. The Balaban J connectivity index is 1.62. The van der Waals surface area contributed by atoms with Crippen LogP contribution in [0, 0.1) is 12.8 Å². The number of benzene rings is 2. The lowest BCUT2D eigenvalue weighted by molar-refractivity contribution is -0.116. The summed E-state index contributed by atoms with van der Waals surface area (Å²) in [7, 11) is -3.65. The summed E-state index contributed by atoms with van der Waals surface area (Å²) in [4.78, 5) is 13.8. The lowest BCUT2D eigenvalue weighted by Gasteiger charge is -2.29. The molecule has 2 aromatic carbocycles. The van der Waals surface area contributed by atoms with Crippen LogP contribution in [0.4, 0.5) is 5.69 Å². The summed E-state index contributed by atoms with van der Waals surface area (Å²) in [6.45, 7) is 4.25. The first-order valence-corrected chi connectivity index (χ1v) is 11.3. The molecule has 4 rings (SSSR count). The van der Waals surface area contributed by atoms with Crippen LogP contribution in [-0.4, -0.2) is 20.9 Å². The summed E-state index contributed by atoms with van der Waals surface area (Å²) in [5.74, 6) is 0.339. The number of amides is 1. The zero-order valence-corrected chi connectivity index (χ0v) is 17.1. The van der Waals surface area contributed by atoms with Crippen molar-refractivity contribution in [2.45, 2.75) is 50.5 Å². The van der Waals surface area contributed by atoms with Gasteiger partial charge in [-0.3, -0.25) is 4.79 Å². The number of rotatable bonds is 5. The van der Waals surface area contributed by atoms with Gasteiger partial charge in [-0.15, -0.1) is 0 Å². The van der Waals surface area contributed by atoms with Crippen LogP contribution in [0.15, 0.2) is 47.4 Å². The van der Waals surface area contributed by atoms with Crippen molar-refractivity contribution in [2.75, 3.05) is 11.4 Å². The Kier molecular flexibility index (Phi) is 5.02. The molecule has 1 aliphatic carbocycles. The SMILES string of the molecule is CC(=O)N1CCCc2cc(S(=O)(=O)NC(c3ccc(C)cc3)C3CC3)ccc21. The molecule has 0 bridgehead atoms. The van der Waals surface area contributed by atoms with Gasteiger partial charge in [-0.25, -0.2) is 13.1 Å². The predicted molar refractivity (Wildman–Crippen MR) is 110 cm³/mol. The van der Waals surface area contributed by atoms with Crippen LogP contribution in [0.2, 0.25) is 0 Å². The first kappa shape index (κ1) is 19.2. The smallest absolute Gasteiger partial charge is 0.241 e. The van der Waals surface area contributed by atoms with Crippen molar-refractivity contribution < 1.29 is 13.2 Å². The lowest BCUT2D eigenvalue weighted by atomic mass is 10.0. The highest BCUT2D eigenvalue weighted by molar-refractivity contribution is 7.89. The minimum Gasteiger partial charge on any atom is -0.312 e. The third kappa shape index (κ3) is 3.84. The molecule has 1 unspecified atom stereocenters. The Labute approximate surface area is 166 Å². The van der Waals surface area contributed by atoms with Gasteiger partial charge in [0.15, 0.2) is 0 Å². The molecule has 0 radical (unpaired) electrons. The van der Waals surface area contributed by atoms with E-state index in [1.165, 1.54) is 0 Å². The molecule has 148 valence electrons. The molecule has 0 aromatic heterocycles. The van der Waals surface area contributed by atoms with Gasteiger partial charge >= 0.3 is 0 Å². The van der Waals surface area contributed by atoms with Crippen LogP contribution >= 0.6 is 0 Å². The Hall–Kier alpha value is -2.18. The van der Waals surface area contributed by atoms with Crippen molar-refractivity contribution >= 4 is 21.6 Å². The van der Waals surface area contributed by atoms with Crippen molar-refractivity contribution in [1.29, 1.82) is 0 Å². The predicted octanol–water partition coefficient (Wildman–Crippen LogP) is 3.72. The quantitative estimate of drug-likeness (QED) is 0.835. The third-order valence-electron chi connectivity index (χ3n) is 5.67. The van der Waals surface area contributed by atoms with Gasteiger partial charge in [0.1, 0.15) is 0 Å². The number of fused-ring (bicyclic) bond motifs is 1. The zero-order chi connectivity index (χ0) is 19.9. The number of carbonyl (C=O) groups is 1.